The maximum Gasteiger partial charge on any atom is 0.253 e. The topological polar surface area (TPSA) is 99.7 Å². The molecule has 2 heterocycles. The predicted octanol–water partition coefficient (Wildman–Crippen LogP) is 4.66. The van der Waals surface area contributed by atoms with Gasteiger partial charge in [-0.15, -0.1) is 0 Å². The quantitative estimate of drug-likeness (QED) is 0.297. The van der Waals surface area contributed by atoms with Crippen LogP contribution in [0.1, 0.15) is 27.5 Å². The van der Waals surface area contributed by atoms with E-state index in [1.807, 2.05) is 66.7 Å². The Kier molecular flexibility index (Phi) is 8.00. The van der Waals surface area contributed by atoms with Gasteiger partial charge >= 0.3 is 0 Å². The fourth-order valence-corrected chi connectivity index (χ4v) is 7.25. The Morgan fingerprint density at radius 3 is 2.00 bits per heavy atom. The molecule has 5 aromatic rings. The summed E-state index contributed by atoms with van der Waals surface area (Å²) in [5.74, 6) is -0.759. The van der Waals surface area contributed by atoms with Gasteiger partial charge in [-0.05, 0) is 35.4 Å². The SMILES string of the molecule is O=C(NC(c1ccccc1)c1ccccc1)C1CN(C(=O)c2ccccc2)CCN1S(=O)(=O)c1cccc2cccnc12. The lowest BCUT2D eigenvalue weighted by Gasteiger charge is -2.40. The Morgan fingerprint density at radius 1 is 0.744 bits per heavy atom. The lowest BCUT2D eigenvalue weighted by atomic mass is 9.98. The van der Waals surface area contributed by atoms with Gasteiger partial charge in [-0.1, -0.05) is 97.1 Å². The Morgan fingerprint density at radius 2 is 1.35 bits per heavy atom. The zero-order chi connectivity index (χ0) is 29.8. The maximum absolute atomic E-state index is 14.3. The third kappa shape index (κ3) is 5.77. The predicted molar refractivity (Wildman–Crippen MR) is 165 cm³/mol. The number of hydrogen-bond donors (Lipinski definition) is 1. The number of nitrogens with zero attached hydrogens (tertiary/aromatic N) is 3. The molecule has 43 heavy (non-hydrogen) atoms. The highest BCUT2D eigenvalue weighted by atomic mass is 32.2. The van der Waals surface area contributed by atoms with E-state index in [1.165, 1.54) is 10.4 Å². The van der Waals surface area contributed by atoms with E-state index in [1.54, 1.807) is 59.6 Å². The second-order valence-electron chi connectivity index (χ2n) is 10.3. The van der Waals surface area contributed by atoms with Crippen molar-refractivity contribution in [3.63, 3.8) is 0 Å². The van der Waals surface area contributed by atoms with Gasteiger partial charge in [0.2, 0.25) is 15.9 Å². The minimum Gasteiger partial charge on any atom is -0.344 e. The summed E-state index contributed by atoms with van der Waals surface area (Å²) in [7, 11) is -4.19. The van der Waals surface area contributed by atoms with Gasteiger partial charge < -0.3 is 10.2 Å². The van der Waals surface area contributed by atoms with Crippen LogP contribution < -0.4 is 5.32 Å². The molecular weight excluding hydrogens is 560 g/mol. The molecule has 8 nitrogen and oxygen atoms in total. The molecule has 1 aliphatic heterocycles. The zero-order valence-corrected chi connectivity index (χ0v) is 24.1. The van der Waals surface area contributed by atoms with Crippen LogP contribution in [0.2, 0.25) is 0 Å². The fourth-order valence-electron chi connectivity index (χ4n) is 5.51. The molecule has 1 N–H and O–H groups in total. The smallest absolute Gasteiger partial charge is 0.253 e. The second kappa shape index (κ2) is 12.2. The minimum atomic E-state index is -4.19. The fraction of sp³-hybridized carbons (Fsp3) is 0.147. The molecule has 2 amide bonds. The first-order valence-electron chi connectivity index (χ1n) is 14.0. The van der Waals surface area contributed by atoms with Crippen LogP contribution in [0.15, 0.2) is 132 Å². The van der Waals surface area contributed by atoms with Gasteiger partial charge in [0.05, 0.1) is 11.6 Å². The van der Waals surface area contributed by atoms with Crippen LogP contribution in [-0.2, 0) is 14.8 Å². The number of benzene rings is 4. The highest BCUT2D eigenvalue weighted by Crippen LogP contribution is 2.29. The molecule has 9 heteroatoms. The highest BCUT2D eigenvalue weighted by molar-refractivity contribution is 7.89. The standard InChI is InChI=1S/C34H30N4O4S/c39-33(36-31(25-12-4-1-5-13-25)26-14-6-2-7-15-26)29-24-37(34(40)28-16-8-3-9-17-28)22-23-38(29)43(41,42)30-20-10-18-27-19-11-21-35-32(27)30/h1-21,29,31H,22-24H2,(H,36,39). The van der Waals surface area contributed by atoms with Gasteiger partial charge in [-0.25, -0.2) is 8.42 Å². The normalized spacial score (nSPS) is 15.8. The third-order valence-electron chi connectivity index (χ3n) is 7.68. The molecule has 1 saturated heterocycles. The highest BCUT2D eigenvalue weighted by Gasteiger charge is 2.42. The van der Waals surface area contributed by atoms with Crippen LogP contribution >= 0.6 is 0 Å². The van der Waals surface area contributed by atoms with Gasteiger partial charge in [-0.3, -0.25) is 14.6 Å². The Bertz CT molecular complexity index is 1810. The van der Waals surface area contributed by atoms with Crippen LogP contribution in [0.5, 0.6) is 0 Å². The van der Waals surface area contributed by atoms with E-state index in [2.05, 4.69) is 10.3 Å². The largest absolute Gasteiger partial charge is 0.344 e. The van der Waals surface area contributed by atoms with Crippen LogP contribution in [0.4, 0.5) is 0 Å². The molecule has 1 unspecified atom stereocenters. The molecule has 0 aliphatic carbocycles. The molecule has 1 aliphatic rings. The van der Waals surface area contributed by atoms with Crippen molar-refractivity contribution in [2.24, 2.45) is 0 Å². The van der Waals surface area contributed by atoms with Crippen molar-refractivity contribution in [1.29, 1.82) is 0 Å². The molecule has 1 atom stereocenters. The number of fused-ring (bicyclic) bond motifs is 1. The van der Waals surface area contributed by atoms with Gasteiger partial charge in [0.25, 0.3) is 5.91 Å². The molecule has 0 saturated carbocycles. The molecule has 0 spiro atoms. The second-order valence-corrected chi connectivity index (χ2v) is 12.2. The molecule has 6 rings (SSSR count). The summed E-state index contributed by atoms with van der Waals surface area (Å²) in [6.07, 6.45) is 1.55. The molecule has 1 aromatic heterocycles. The third-order valence-corrected chi connectivity index (χ3v) is 9.62. The van der Waals surface area contributed by atoms with E-state index in [0.717, 1.165) is 11.1 Å². The van der Waals surface area contributed by atoms with Crippen molar-refractivity contribution in [2.75, 3.05) is 19.6 Å². The van der Waals surface area contributed by atoms with E-state index in [0.29, 0.717) is 16.5 Å². The van der Waals surface area contributed by atoms with E-state index in [9.17, 15) is 18.0 Å². The number of carbonyl (C=O) groups excluding carboxylic acids is 2. The van der Waals surface area contributed by atoms with Crippen molar-refractivity contribution in [3.8, 4) is 0 Å². The van der Waals surface area contributed by atoms with Gasteiger partial charge in [0.1, 0.15) is 10.9 Å². The minimum absolute atomic E-state index is 0.0221. The number of hydrogen-bond acceptors (Lipinski definition) is 5. The molecule has 0 radical (unpaired) electrons. The number of piperazine rings is 1. The van der Waals surface area contributed by atoms with Gasteiger partial charge in [0, 0.05) is 36.8 Å². The summed E-state index contributed by atoms with van der Waals surface area (Å²) in [4.78, 5) is 33.6. The van der Waals surface area contributed by atoms with Crippen molar-refractivity contribution in [3.05, 3.63) is 144 Å². The van der Waals surface area contributed by atoms with Crippen molar-refractivity contribution in [2.45, 2.75) is 17.0 Å². The molecule has 4 aromatic carbocycles. The number of nitrogens with one attached hydrogen (secondary N) is 1. The zero-order valence-electron chi connectivity index (χ0n) is 23.3. The van der Waals surface area contributed by atoms with Crippen LogP contribution in [0.3, 0.4) is 0 Å². The Labute approximate surface area is 250 Å². The first kappa shape index (κ1) is 28.3. The summed E-state index contributed by atoms with van der Waals surface area (Å²) >= 11 is 0. The summed E-state index contributed by atoms with van der Waals surface area (Å²) in [5.41, 5.74) is 2.51. The summed E-state index contributed by atoms with van der Waals surface area (Å²) < 4.78 is 29.8. The summed E-state index contributed by atoms with van der Waals surface area (Å²) in [6.45, 7) is -0.0213. The average Bonchev–Trinajstić information content (AvgIpc) is 3.07. The lowest BCUT2D eigenvalue weighted by Crippen LogP contribution is -2.61. The number of para-hydroxylation sites is 1. The maximum atomic E-state index is 14.3. The summed E-state index contributed by atoms with van der Waals surface area (Å²) in [5, 5.41) is 3.79. The molecular formula is C34H30N4O4S. The van der Waals surface area contributed by atoms with Crippen LogP contribution in [-0.4, -0.2) is 60.1 Å². The average molecular weight is 591 g/mol. The Balaban J connectivity index is 1.39. The first-order valence-corrected chi connectivity index (χ1v) is 15.5. The van der Waals surface area contributed by atoms with E-state index in [-0.39, 0.29) is 30.4 Å². The van der Waals surface area contributed by atoms with Gasteiger partial charge in [-0.2, -0.15) is 4.31 Å². The lowest BCUT2D eigenvalue weighted by molar-refractivity contribution is -0.126. The molecule has 1 fully saturated rings. The van der Waals surface area contributed by atoms with Gasteiger partial charge in [0.15, 0.2) is 0 Å². The Hall–Kier alpha value is -4.86. The number of carbonyl (C=O) groups is 2. The number of sulfonamides is 1. The van der Waals surface area contributed by atoms with E-state index >= 15 is 0 Å². The first-order chi connectivity index (χ1) is 20.9. The van der Waals surface area contributed by atoms with E-state index in [4.69, 9.17) is 0 Å². The number of amides is 2. The van der Waals surface area contributed by atoms with Crippen molar-refractivity contribution < 1.29 is 18.0 Å². The number of aromatic nitrogens is 1. The van der Waals surface area contributed by atoms with Crippen LogP contribution in [0, 0.1) is 0 Å². The van der Waals surface area contributed by atoms with Crippen molar-refractivity contribution >= 4 is 32.7 Å². The van der Waals surface area contributed by atoms with Crippen molar-refractivity contribution in [1.82, 2.24) is 19.5 Å². The van der Waals surface area contributed by atoms with E-state index < -0.39 is 28.0 Å². The number of pyridine rings is 1. The monoisotopic (exact) mass is 590 g/mol. The van der Waals surface area contributed by atoms with Crippen LogP contribution in [0.25, 0.3) is 10.9 Å². The number of rotatable bonds is 7. The molecule has 216 valence electrons. The molecule has 0 bridgehead atoms. The summed E-state index contributed by atoms with van der Waals surface area (Å²) in [6, 6.07) is 34.6.